The maximum Gasteiger partial charge on any atom is 0.217 e. The van der Waals surface area contributed by atoms with Crippen molar-refractivity contribution in [1.82, 2.24) is 0 Å². The van der Waals surface area contributed by atoms with Crippen LogP contribution in [0.4, 0.5) is 0 Å². The second kappa shape index (κ2) is 8.27. The lowest BCUT2D eigenvalue weighted by molar-refractivity contribution is -0.121. The van der Waals surface area contributed by atoms with Crippen LogP contribution in [0.5, 0.6) is 5.75 Å². The summed E-state index contributed by atoms with van der Waals surface area (Å²) in [7, 11) is 0. The summed E-state index contributed by atoms with van der Waals surface area (Å²) in [6, 6.07) is 5.21. The molecule has 108 valence electrons. The van der Waals surface area contributed by atoms with Gasteiger partial charge in [0.05, 0.1) is 18.2 Å². The van der Waals surface area contributed by atoms with E-state index in [1.54, 1.807) is 18.2 Å². The molecule has 20 heavy (non-hydrogen) atoms. The van der Waals surface area contributed by atoms with Gasteiger partial charge in [-0.05, 0) is 18.2 Å². The lowest BCUT2D eigenvalue weighted by Gasteiger charge is -2.08. The summed E-state index contributed by atoms with van der Waals surface area (Å²) >= 11 is 6.10. The van der Waals surface area contributed by atoms with E-state index < -0.39 is 0 Å². The molecule has 1 aromatic rings. The second-order valence-corrected chi connectivity index (χ2v) is 4.63. The van der Waals surface area contributed by atoms with Gasteiger partial charge < -0.3 is 10.5 Å². The van der Waals surface area contributed by atoms with Crippen LogP contribution in [0.1, 0.15) is 24.8 Å². The van der Waals surface area contributed by atoms with Crippen LogP contribution in [-0.4, -0.2) is 24.8 Å². The number of primary amides is 1. The Labute approximate surface area is 122 Å². The summed E-state index contributed by atoms with van der Waals surface area (Å²) < 4.78 is 5.47. The molecule has 1 aromatic carbocycles. The number of carbonyl (C=O) groups is 1. The molecule has 0 saturated carbocycles. The van der Waals surface area contributed by atoms with E-state index in [1.165, 1.54) is 0 Å². The summed E-state index contributed by atoms with van der Waals surface area (Å²) in [5, 5.41) is 9.57. The van der Waals surface area contributed by atoms with Gasteiger partial charge in [0.1, 0.15) is 5.75 Å². The quantitative estimate of drug-likeness (QED) is 0.358. The van der Waals surface area contributed by atoms with Crippen LogP contribution in [0.15, 0.2) is 23.3 Å². The molecule has 0 bridgehead atoms. The van der Waals surface area contributed by atoms with Crippen LogP contribution in [0, 0.1) is 5.53 Å². The number of nitrogens with two attached hydrogens (primary N) is 2. The number of nitrogens with one attached hydrogen (secondary N) is 1. The molecule has 0 aliphatic heterocycles. The molecule has 0 saturated heterocycles. The molecule has 5 N–H and O–H groups in total. The first-order valence-electron chi connectivity index (χ1n) is 6.20. The Morgan fingerprint density at radius 1 is 1.45 bits per heavy atom. The van der Waals surface area contributed by atoms with Crippen LogP contribution in [-0.2, 0) is 4.79 Å². The fourth-order valence-electron chi connectivity index (χ4n) is 1.55. The van der Waals surface area contributed by atoms with E-state index in [4.69, 9.17) is 33.0 Å². The van der Waals surface area contributed by atoms with Crippen molar-refractivity contribution in [3.05, 3.63) is 28.8 Å². The van der Waals surface area contributed by atoms with Crippen molar-refractivity contribution in [2.75, 3.05) is 13.2 Å². The molecule has 1 amide bonds. The van der Waals surface area contributed by atoms with Gasteiger partial charge in [0.15, 0.2) is 5.71 Å². The molecule has 0 spiro atoms. The molecular formula is C13H18ClN4O2+. The largest absolute Gasteiger partial charge is 0.492 e. The monoisotopic (exact) mass is 297 g/mol. The third-order valence-electron chi connectivity index (χ3n) is 2.62. The number of hydrogen-bond donors (Lipinski definition) is 3. The van der Waals surface area contributed by atoms with Crippen molar-refractivity contribution in [3.63, 3.8) is 0 Å². The number of amides is 1. The zero-order chi connectivity index (χ0) is 15.0. The van der Waals surface area contributed by atoms with Crippen molar-refractivity contribution in [3.8, 4) is 5.75 Å². The summed E-state index contributed by atoms with van der Waals surface area (Å²) in [6.07, 6.45) is 1.27. The Hall–Kier alpha value is -1.95. The molecule has 1 rings (SSSR count). The van der Waals surface area contributed by atoms with Gasteiger partial charge in [-0.15, -0.1) is 0 Å². The minimum atomic E-state index is -0.390. The first-order valence-corrected chi connectivity index (χ1v) is 6.58. The van der Waals surface area contributed by atoms with Gasteiger partial charge in [-0.3, -0.25) is 10.2 Å². The van der Waals surface area contributed by atoms with Gasteiger partial charge in [0.2, 0.25) is 5.91 Å². The van der Waals surface area contributed by atoms with Gasteiger partial charge in [0, 0.05) is 24.8 Å². The number of hydrogen-bond acceptors (Lipinski definition) is 4. The Morgan fingerprint density at radius 2 is 2.20 bits per heavy atom. The van der Waals surface area contributed by atoms with Crippen LogP contribution >= 0.6 is 11.6 Å². The fraction of sp³-hybridized carbons (Fsp3) is 0.385. The summed E-state index contributed by atoms with van der Waals surface area (Å²) in [5.74, 6) is 0.168. The molecule has 0 atom stereocenters. The number of ether oxygens (including phenoxy) is 1. The van der Waals surface area contributed by atoms with E-state index in [0.717, 1.165) is 5.56 Å². The first kappa shape index (κ1) is 16.1. The standard InChI is InChI=1S/C13H17ClN4O2/c14-10-8-9(11(15)3-5-13(16)19)2-4-12(10)20-7-1-6-18-17/h2,4,8,15,17H,1,3,5-7H2,(H2,16,19)/p+1. The predicted octanol–water partition coefficient (Wildman–Crippen LogP) is 0.954. The van der Waals surface area contributed by atoms with Crippen LogP contribution in [0.2, 0.25) is 5.02 Å². The van der Waals surface area contributed by atoms with Gasteiger partial charge in [-0.2, -0.15) is 5.11 Å². The minimum absolute atomic E-state index is 0.207. The van der Waals surface area contributed by atoms with E-state index in [-0.39, 0.29) is 12.3 Å². The highest BCUT2D eigenvalue weighted by Crippen LogP contribution is 2.25. The number of carbonyl (C=O) groups excluding carboxylic acids is 1. The minimum Gasteiger partial charge on any atom is -0.492 e. The Kier molecular flexibility index (Phi) is 6.66. The molecule has 0 aliphatic carbocycles. The lowest BCUT2D eigenvalue weighted by Crippen LogP contribution is -2.40. The van der Waals surface area contributed by atoms with Gasteiger partial charge >= 0.3 is 0 Å². The molecule has 6 nitrogen and oxygen atoms in total. The predicted molar refractivity (Wildman–Crippen MR) is 76.0 cm³/mol. The third kappa shape index (κ3) is 5.36. The summed E-state index contributed by atoms with van der Waals surface area (Å²) in [6.45, 7) is 0.881. The van der Waals surface area contributed by atoms with Crippen molar-refractivity contribution in [1.29, 1.82) is 5.53 Å². The molecule has 0 unspecified atom stereocenters. The Bertz CT molecular complexity index is 505. The van der Waals surface area contributed by atoms with Crippen LogP contribution < -0.4 is 15.9 Å². The SMILES string of the molecule is N=NCCCOc1ccc(C(=[NH2+])CCC(N)=O)cc1Cl. The van der Waals surface area contributed by atoms with Gasteiger partial charge in [-0.1, -0.05) is 11.6 Å². The Balaban J connectivity index is 2.60. The number of nitrogens with zero attached hydrogens (tertiary/aromatic N) is 1. The van der Waals surface area contributed by atoms with Gasteiger partial charge in [0.25, 0.3) is 0 Å². The number of halogens is 1. The van der Waals surface area contributed by atoms with Crippen molar-refractivity contribution in [2.45, 2.75) is 19.3 Å². The zero-order valence-corrected chi connectivity index (χ0v) is 11.8. The zero-order valence-electron chi connectivity index (χ0n) is 11.1. The highest BCUT2D eigenvalue weighted by atomic mass is 35.5. The average Bonchev–Trinajstić information content (AvgIpc) is 2.42. The molecular weight excluding hydrogens is 280 g/mol. The maximum absolute atomic E-state index is 10.7. The highest BCUT2D eigenvalue weighted by molar-refractivity contribution is 6.32. The van der Waals surface area contributed by atoms with Gasteiger partial charge in [-0.25, -0.2) is 5.53 Å². The fourth-order valence-corrected chi connectivity index (χ4v) is 1.78. The van der Waals surface area contributed by atoms with E-state index in [2.05, 4.69) is 5.11 Å². The number of rotatable bonds is 9. The van der Waals surface area contributed by atoms with Crippen LogP contribution in [0.25, 0.3) is 0 Å². The molecule has 0 aromatic heterocycles. The van der Waals surface area contributed by atoms with E-state index in [1.807, 2.05) is 0 Å². The topological polar surface area (TPSA) is 114 Å². The molecule has 7 heteroatoms. The van der Waals surface area contributed by atoms with E-state index in [9.17, 15) is 4.79 Å². The maximum atomic E-state index is 10.7. The molecule has 0 radical (unpaired) electrons. The Morgan fingerprint density at radius 3 is 2.80 bits per heavy atom. The summed E-state index contributed by atoms with van der Waals surface area (Å²) in [4.78, 5) is 10.7. The van der Waals surface area contributed by atoms with E-state index >= 15 is 0 Å². The van der Waals surface area contributed by atoms with Crippen LogP contribution in [0.3, 0.4) is 0 Å². The van der Waals surface area contributed by atoms with Crippen molar-refractivity contribution >= 4 is 23.2 Å². The first-order chi connectivity index (χ1) is 9.54. The molecule has 0 aliphatic rings. The smallest absolute Gasteiger partial charge is 0.217 e. The van der Waals surface area contributed by atoms with Crippen molar-refractivity contribution < 1.29 is 14.9 Å². The van der Waals surface area contributed by atoms with E-state index in [0.29, 0.717) is 42.5 Å². The lowest BCUT2D eigenvalue weighted by atomic mass is 10.1. The summed E-state index contributed by atoms with van der Waals surface area (Å²) in [5.41, 5.74) is 13.1. The van der Waals surface area contributed by atoms with Crippen molar-refractivity contribution in [2.24, 2.45) is 10.8 Å². The highest BCUT2D eigenvalue weighted by Gasteiger charge is 2.11. The second-order valence-electron chi connectivity index (χ2n) is 4.22. The molecule has 0 fully saturated rings. The normalized spacial score (nSPS) is 10.1. The number of benzene rings is 1. The average molecular weight is 298 g/mol. The third-order valence-corrected chi connectivity index (χ3v) is 2.91. The molecule has 0 heterocycles.